The number of carbonyl (C=O) groups is 3. The highest BCUT2D eigenvalue weighted by Crippen LogP contribution is 2.45. The number of carbonyl (C=O) groups excluding carboxylic acids is 1. The number of rotatable bonds is 4. The van der Waals surface area contributed by atoms with E-state index in [-0.39, 0.29) is 16.7 Å². The van der Waals surface area contributed by atoms with Crippen LogP contribution in [-0.2, 0) is 25.7 Å². The first-order valence-electron chi connectivity index (χ1n) is 12.2. The summed E-state index contributed by atoms with van der Waals surface area (Å²) < 4.78 is 69.0. The Balaban J connectivity index is 0.000000473. The lowest BCUT2D eigenvalue weighted by Gasteiger charge is -2.44. The van der Waals surface area contributed by atoms with Crippen molar-refractivity contribution >= 4 is 17.8 Å². The molecule has 1 aromatic heterocycles. The van der Waals surface area contributed by atoms with Gasteiger partial charge in [0.25, 0.3) is 0 Å². The molecule has 0 radical (unpaired) electrons. The standard InChI is InChI=1S/C21H33N3O2.2C2HF3O2/c1-20(2,3)19(25)24-11-8-21(9-12-24)16-23(13-17(21)15-26-4)14-18-7-5-6-10-22-18;2*3-2(4,5)1(6)7/h5-7,10,17H,8-9,11-16H2,1-4H3;2*(H,6,7). The van der Waals surface area contributed by atoms with Crippen molar-refractivity contribution < 1.29 is 55.7 Å². The van der Waals surface area contributed by atoms with Crippen molar-refractivity contribution in [2.24, 2.45) is 16.7 Å². The largest absolute Gasteiger partial charge is 0.490 e. The van der Waals surface area contributed by atoms with Crippen LogP contribution in [0.3, 0.4) is 0 Å². The third kappa shape index (κ3) is 10.9. The van der Waals surface area contributed by atoms with Gasteiger partial charge in [0.1, 0.15) is 0 Å². The number of nitrogens with zero attached hydrogens (tertiary/aromatic N) is 3. The van der Waals surface area contributed by atoms with Gasteiger partial charge in [0, 0.05) is 57.4 Å². The molecule has 1 spiro atoms. The van der Waals surface area contributed by atoms with Crippen molar-refractivity contribution in [2.75, 3.05) is 39.9 Å². The molecule has 1 atom stereocenters. The number of pyridine rings is 1. The van der Waals surface area contributed by atoms with Crippen LogP contribution in [0, 0.1) is 16.7 Å². The Morgan fingerprint density at radius 1 is 1.00 bits per heavy atom. The van der Waals surface area contributed by atoms with Crippen LogP contribution in [-0.4, -0.2) is 95.1 Å². The van der Waals surface area contributed by atoms with E-state index in [1.165, 1.54) is 0 Å². The number of hydrogen-bond donors (Lipinski definition) is 2. The highest BCUT2D eigenvalue weighted by atomic mass is 19.4. The van der Waals surface area contributed by atoms with Gasteiger partial charge in [-0.2, -0.15) is 26.3 Å². The number of halogens is 6. The number of aromatic nitrogens is 1. The number of likely N-dealkylation sites (tertiary alicyclic amines) is 2. The molecule has 3 rings (SSSR count). The Hall–Kier alpha value is -2.94. The number of piperidine rings is 1. The first-order valence-corrected chi connectivity index (χ1v) is 12.2. The van der Waals surface area contributed by atoms with Crippen LogP contribution in [0.1, 0.15) is 39.3 Å². The van der Waals surface area contributed by atoms with Crippen LogP contribution in [0.2, 0.25) is 0 Å². The summed E-state index contributed by atoms with van der Waals surface area (Å²) in [5.41, 5.74) is 1.09. The van der Waals surface area contributed by atoms with Crippen molar-refractivity contribution in [1.29, 1.82) is 0 Å². The molecule has 0 bridgehead atoms. The maximum Gasteiger partial charge on any atom is 0.490 e. The maximum atomic E-state index is 12.6. The fourth-order valence-corrected chi connectivity index (χ4v) is 4.61. The van der Waals surface area contributed by atoms with E-state index in [1.807, 2.05) is 33.0 Å². The van der Waals surface area contributed by atoms with Gasteiger partial charge < -0.3 is 19.8 Å². The van der Waals surface area contributed by atoms with Crippen molar-refractivity contribution in [3.05, 3.63) is 30.1 Å². The summed E-state index contributed by atoms with van der Waals surface area (Å²) in [6, 6.07) is 6.11. The van der Waals surface area contributed by atoms with Gasteiger partial charge >= 0.3 is 24.3 Å². The second kappa shape index (κ2) is 14.1. The molecule has 2 aliphatic heterocycles. The monoisotopic (exact) mass is 587 g/mol. The molecule has 1 unspecified atom stereocenters. The third-order valence-corrected chi connectivity index (χ3v) is 6.54. The van der Waals surface area contributed by atoms with Gasteiger partial charge in [-0.05, 0) is 30.4 Å². The Morgan fingerprint density at radius 3 is 1.88 bits per heavy atom. The van der Waals surface area contributed by atoms with Gasteiger partial charge in [0.05, 0.1) is 12.3 Å². The number of carboxylic acids is 2. The average Bonchev–Trinajstić information content (AvgIpc) is 3.15. The smallest absolute Gasteiger partial charge is 0.475 e. The minimum Gasteiger partial charge on any atom is -0.475 e. The Morgan fingerprint density at radius 2 is 1.50 bits per heavy atom. The van der Waals surface area contributed by atoms with Crippen molar-refractivity contribution in [2.45, 2.75) is 52.5 Å². The van der Waals surface area contributed by atoms with Crippen LogP contribution < -0.4 is 0 Å². The Labute approximate surface area is 228 Å². The maximum absolute atomic E-state index is 12.6. The molecule has 3 heterocycles. The number of ether oxygens (including phenoxy) is 1. The molecule has 0 aromatic carbocycles. The summed E-state index contributed by atoms with van der Waals surface area (Å²) in [7, 11) is 1.80. The quantitative estimate of drug-likeness (QED) is 0.506. The molecule has 1 amide bonds. The van der Waals surface area contributed by atoms with Gasteiger partial charge in [-0.1, -0.05) is 26.8 Å². The highest BCUT2D eigenvalue weighted by Gasteiger charge is 2.48. The molecule has 15 heteroatoms. The number of aliphatic carboxylic acids is 2. The lowest BCUT2D eigenvalue weighted by molar-refractivity contribution is -0.193. The van der Waals surface area contributed by atoms with Crippen LogP contribution in [0.25, 0.3) is 0 Å². The summed E-state index contributed by atoms with van der Waals surface area (Å²) >= 11 is 0. The SMILES string of the molecule is COCC1CN(Cc2ccccn2)CC12CCN(C(=O)C(C)(C)C)CC2.O=C(O)C(F)(F)F.O=C(O)C(F)(F)F. The predicted molar refractivity (Wildman–Crippen MR) is 130 cm³/mol. The molecule has 2 N–H and O–H groups in total. The van der Waals surface area contributed by atoms with E-state index in [2.05, 4.69) is 26.9 Å². The summed E-state index contributed by atoms with van der Waals surface area (Å²) in [6.45, 7) is 11.6. The second-order valence-electron chi connectivity index (χ2n) is 10.7. The van der Waals surface area contributed by atoms with E-state index in [1.54, 1.807) is 7.11 Å². The first kappa shape index (κ1) is 35.1. The summed E-state index contributed by atoms with van der Waals surface area (Å²) in [5.74, 6) is -4.71. The molecule has 40 heavy (non-hydrogen) atoms. The third-order valence-electron chi connectivity index (χ3n) is 6.54. The van der Waals surface area contributed by atoms with E-state index in [0.29, 0.717) is 5.92 Å². The summed E-state index contributed by atoms with van der Waals surface area (Å²) in [5, 5.41) is 14.2. The molecular weight excluding hydrogens is 552 g/mol. The Bertz CT molecular complexity index is 950. The van der Waals surface area contributed by atoms with E-state index in [4.69, 9.17) is 24.5 Å². The van der Waals surface area contributed by atoms with E-state index in [0.717, 1.165) is 57.9 Å². The minimum absolute atomic E-state index is 0.263. The number of carboxylic acid groups (broad SMARTS) is 2. The van der Waals surface area contributed by atoms with Crippen LogP contribution in [0.4, 0.5) is 26.3 Å². The fourth-order valence-electron chi connectivity index (χ4n) is 4.61. The predicted octanol–water partition coefficient (Wildman–Crippen LogP) is 4.08. The van der Waals surface area contributed by atoms with E-state index in [9.17, 15) is 31.1 Å². The highest BCUT2D eigenvalue weighted by molar-refractivity contribution is 5.81. The van der Waals surface area contributed by atoms with Crippen molar-refractivity contribution in [3.8, 4) is 0 Å². The van der Waals surface area contributed by atoms with E-state index >= 15 is 0 Å². The summed E-state index contributed by atoms with van der Waals surface area (Å²) in [6.07, 6.45) is -6.16. The molecular formula is C25H35F6N3O6. The van der Waals surface area contributed by atoms with Crippen molar-refractivity contribution in [1.82, 2.24) is 14.8 Å². The zero-order valence-corrected chi connectivity index (χ0v) is 22.7. The number of amides is 1. The molecule has 9 nitrogen and oxygen atoms in total. The number of methoxy groups -OCH3 is 1. The molecule has 228 valence electrons. The van der Waals surface area contributed by atoms with Gasteiger partial charge in [-0.3, -0.25) is 14.7 Å². The Kier molecular flexibility index (Phi) is 12.4. The van der Waals surface area contributed by atoms with Crippen LogP contribution >= 0.6 is 0 Å². The molecule has 0 saturated carbocycles. The molecule has 1 aromatic rings. The molecule has 2 aliphatic rings. The van der Waals surface area contributed by atoms with Gasteiger partial charge in [-0.25, -0.2) is 9.59 Å². The number of alkyl halides is 6. The average molecular weight is 588 g/mol. The van der Waals surface area contributed by atoms with Crippen LogP contribution in [0.15, 0.2) is 24.4 Å². The van der Waals surface area contributed by atoms with Crippen LogP contribution in [0.5, 0.6) is 0 Å². The van der Waals surface area contributed by atoms with Gasteiger partial charge in [0.2, 0.25) is 5.91 Å². The molecule has 2 saturated heterocycles. The molecule has 0 aliphatic carbocycles. The normalized spacial score (nSPS) is 19.2. The second-order valence-corrected chi connectivity index (χ2v) is 10.7. The molecule has 2 fully saturated rings. The fraction of sp³-hybridized carbons (Fsp3) is 0.680. The van der Waals surface area contributed by atoms with Crippen molar-refractivity contribution in [3.63, 3.8) is 0 Å². The zero-order chi connectivity index (χ0) is 30.9. The lowest BCUT2D eigenvalue weighted by Crippen LogP contribution is -2.49. The van der Waals surface area contributed by atoms with E-state index < -0.39 is 24.3 Å². The topological polar surface area (TPSA) is 120 Å². The number of hydrogen-bond acceptors (Lipinski definition) is 6. The zero-order valence-electron chi connectivity index (χ0n) is 22.7. The van der Waals surface area contributed by atoms with Gasteiger partial charge in [-0.15, -0.1) is 0 Å². The summed E-state index contributed by atoms with van der Waals surface area (Å²) in [4.78, 5) is 39.5. The first-order chi connectivity index (χ1) is 18.2. The lowest BCUT2D eigenvalue weighted by atomic mass is 9.71. The van der Waals surface area contributed by atoms with Gasteiger partial charge in [0.15, 0.2) is 0 Å². The minimum atomic E-state index is -5.08.